The van der Waals surface area contributed by atoms with Gasteiger partial charge in [-0.15, -0.1) is 0 Å². The van der Waals surface area contributed by atoms with E-state index in [1.54, 1.807) is 0 Å². The number of halogens is 1. The maximum Gasteiger partial charge on any atom is 0.173 e. The van der Waals surface area contributed by atoms with Gasteiger partial charge in [0.15, 0.2) is 5.11 Å². The predicted molar refractivity (Wildman–Crippen MR) is 107 cm³/mol. The Morgan fingerprint density at radius 1 is 1.12 bits per heavy atom. The van der Waals surface area contributed by atoms with E-state index >= 15 is 0 Å². The summed E-state index contributed by atoms with van der Waals surface area (Å²) < 4.78 is 13.1. The Balaban J connectivity index is 1.61. The Labute approximate surface area is 159 Å². The Morgan fingerprint density at radius 2 is 1.85 bits per heavy atom. The minimum atomic E-state index is -0.220. The topological polar surface area (TPSA) is 38.7 Å². The number of nitrogens with one attached hydrogen (secondary N) is 1. The third kappa shape index (κ3) is 5.00. The summed E-state index contributed by atoms with van der Waals surface area (Å²) in [5.74, 6) is -0.220. The van der Waals surface area contributed by atoms with Crippen molar-refractivity contribution in [1.29, 1.82) is 0 Å². The molecular formula is C20H24FN3OS. The molecule has 1 atom stereocenters. The molecule has 0 bridgehead atoms. The standard InChI is InChI=1S/C20H24FN3OS/c21-17-8-6-16(7-9-17)14-23-11-12-24(15-19(23)10-13-25)20(26)22-18-4-2-1-3-5-18/h1-9,19,25H,10-15H2,(H,22,26)/t19-/m1/s1. The summed E-state index contributed by atoms with van der Waals surface area (Å²) in [7, 11) is 0. The summed E-state index contributed by atoms with van der Waals surface area (Å²) in [5, 5.41) is 13.4. The fraction of sp³-hybridized carbons (Fsp3) is 0.350. The normalized spacial score (nSPS) is 17.9. The molecule has 0 amide bonds. The van der Waals surface area contributed by atoms with Crippen LogP contribution in [-0.4, -0.2) is 52.3 Å². The highest BCUT2D eigenvalue weighted by Crippen LogP contribution is 2.18. The molecule has 0 radical (unpaired) electrons. The van der Waals surface area contributed by atoms with Crippen LogP contribution in [-0.2, 0) is 6.54 Å². The zero-order valence-corrected chi connectivity index (χ0v) is 15.5. The predicted octanol–water partition coefficient (Wildman–Crippen LogP) is 3.09. The van der Waals surface area contributed by atoms with Crippen LogP contribution in [0.15, 0.2) is 54.6 Å². The van der Waals surface area contributed by atoms with E-state index in [1.807, 2.05) is 42.5 Å². The van der Waals surface area contributed by atoms with Crippen LogP contribution in [0.5, 0.6) is 0 Å². The molecule has 2 aromatic rings. The Hall–Kier alpha value is -2.02. The molecule has 1 aliphatic heterocycles. The van der Waals surface area contributed by atoms with Crippen LogP contribution in [0, 0.1) is 5.82 Å². The summed E-state index contributed by atoms with van der Waals surface area (Å²) in [6.45, 7) is 3.32. The molecule has 2 aromatic carbocycles. The van der Waals surface area contributed by atoms with E-state index < -0.39 is 0 Å². The molecule has 4 nitrogen and oxygen atoms in total. The first-order valence-corrected chi connectivity index (χ1v) is 9.27. The number of hydrogen-bond donors (Lipinski definition) is 2. The van der Waals surface area contributed by atoms with Gasteiger partial charge < -0.3 is 15.3 Å². The fourth-order valence-electron chi connectivity index (χ4n) is 3.26. The number of anilines is 1. The molecule has 2 N–H and O–H groups in total. The highest BCUT2D eigenvalue weighted by molar-refractivity contribution is 7.80. The monoisotopic (exact) mass is 373 g/mol. The molecule has 0 saturated carbocycles. The highest BCUT2D eigenvalue weighted by atomic mass is 32.1. The van der Waals surface area contributed by atoms with Crippen molar-refractivity contribution < 1.29 is 9.50 Å². The zero-order chi connectivity index (χ0) is 18.4. The van der Waals surface area contributed by atoms with Gasteiger partial charge in [-0.1, -0.05) is 30.3 Å². The van der Waals surface area contributed by atoms with Gasteiger partial charge in [0.05, 0.1) is 0 Å². The largest absolute Gasteiger partial charge is 0.396 e. The number of para-hydroxylation sites is 1. The summed E-state index contributed by atoms with van der Waals surface area (Å²) in [6.07, 6.45) is 0.686. The molecule has 1 heterocycles. The van der Waals surface area contributed by atoms with Gasteiger partial charge in [-0.2, -0.15) is 0 Å². The number of aliphatic hydroxyl groups excluding tert-OH is 1. The molecule has 0 aliphatic carbocycles. The third-order valence-corrected chi connectivity index (χ3v) is 5.04. The van der Waals surface area contributed by atoms with Crippen LogP contribution in [0.4, 0.5) is 10.1 Å². The smallest absolute Gasteiger partial charge is 0.173 e. The van der Waals surface area contributed by atoms with Crippen LogP contribution < -0.4 is 5.32 Å². The van der Waals surface area contributed by atoms with Gasteiger partial charge in [0.1, 0.15) is 5.82 Å². The number of thiocarbonyl (C=S) groups is 1. The molecule has 3 rings (SSSR count). The Morgan fingerprint density at radius 3 is 2.54 bits per heavy atom. The van der Waals surface area contributed by atoms with E-state index in [2.05, 4.69) is 15.1 Å². The number of rotatable bonds is 5. The first kappa shape index (κ1) is 18.8. The number of nitrogens with zero attached hydrogens (tertiary/aromatic N) is 2. The summed E-state index contributed by atoms with van der Waals surface area (Å²) in [6, 6.07) is 16.7. The average molecular weight is 373 g/mol. The second kappa shape index (κ2) is 9.07. The lowest BCUT2D eigenvalue weighted by Crippen LogP contribution is -2.55. The third-order valence-electron chi connectivity index (χ3n) is 4.68. The fourth-order valence-corrected chi connectivity index (χ4v) is 3.54. The van der Waals surface area contributed by atoms with Gasteiger partial charge >= 0.3 is 0 Å². The lowest BCUT2D eigenvalue weighted by molar-refractivity contribution is 0.0855. The minimum absolute atomic E-state index is 0.136. The first-order valence-electron chi connectivity index (χ1n) is 8.86. The van der Waals surface area contributed by atoms with Crippen molar-refractivity contribution in [3.05, 3.63) is 66.0 Å². The van der Waals surface area contributed by atoms with E-state index in [9.17, 15) is 9.50 Å². The second-order valence-electron chi connectivity index (χ2n) is 6.51. The number of aliphatic hydroxyl groups is 1. The van der Waals surface area contributed by atoms with E-state index in [1.165, 1.54) is 12.1 Å². The van der Waals surface area contributed by atoms with Crippen LogP contribution in [0.3, 0.4) is 0 Å². The molecule has 1 fully saturated rings. The molecular weight excluding hydrogens is 349 g/mol. The van der Waals surface area contributed by atoms with Crippen LogP contribution in [0.1, 0.15) is 12.0 Å². The molecule has 1 aliphatic rings. The molecule has 0 spiro atoms. The van der Waals surface area contributed by atoms with E-state index in [0.717, 1.165) is 37.4 Å². The molecule has 26 heavy (non-hydrogen) atoms. The van der Waals surface area contributed by atoms with Gasteiger partial charge in [-0.25, -0.2) is 4.39 Å². The molecule has 1 saturated heterocycles. The van der Waals surface area contributed by atoms with Crippen molar-refractivity contribution >= 4 is 23.0 Å². The summed E-state index contributed by atoms with van der Waals surface area (Å²) in [5.41, 5.74) is 2.05. The SMILES string of the molecule is OCC[C@@H]1CN(C(=S)Nc2ccccc2)CCN1Cc1ccc(F)cc1. The van der Waals surface area contributed by atoms with E-state index in [0.29, 0.717) is 11.5 Å². The number of piperazine rings is 1. The van der Waals surface area contributed by atoms with Crippen molar-refractivity contribution in [2.24, 2.45) is 0 Å². The first-order chi connectivity index (χ1) is 12.7. The average Bonchev–Trinajstić information content (AvgIpc) is 2.66. The number of benzene rings is 2. The molecule has 0 unspecified atom stereocenters. The maximum atomic E-state index is 13.1. The quantitative estimate of drug-likeness (QED) is 0.788. The highest BCUT2D eigenvalue weighted by Gasteiger charge is 2.27. The van der Waals surface area contributed by atoms with Crippen molar-refractivity contribution in [2.75, 3.05) is 31.6 Å². The zero-order valence-electron chi connectivity index (χ0n) is 14.6. The van der Waals surface area contributed by atoms with Crippen LogP contribution in [0.2, 0.25) is 0 Å². The molecule has 0 aromatic heterocycles. The summed E-state index contributed by atoms with van der Waals surface area (Å²) >= 11 is 5.57. The van der Waals surface area contributed by atoms with Gasteiger partial charge in [0.25, 0.3) is 0 Å². The summed E-state index contributed by atoms with van der Waals surface area (Å²) in [4.78, 5) is 4.49. The van der Waals surface area contributed by atoms with Gasteiger partial charge in [-0.05, 0) is 48.5 Å². The van der Waals surface area contributed by atoms with Gasteiger partial charge in [0, 0.05) is 44.5 Å². The molecule has 6 heteroatoms. The van der Waals surface area contributed by atoms with Crippen molar-refractivity contribution in [3.63, 3.8) is 0 Å². The Bertz CT molecular complexity index is 711. The van der Waals surface area contributed by atoms with Crippen molar-refractivity contribution in [1.82, 2.24) is 9.80 Å². The lowest BCUT2D eigenvalue weighted by Gasteiger charge is -2.42. The van der Waals surface area contributed by atoms with Crippen molar-refractivity contribution in [3.8, 4) is 0 Å². The van der Waals surface area contributed by atoms with Crippen molar-refractivity contribution in [2.45, 2.75) is 19.0 Å². The minimum Gasteiger partial charge on any atom is -0.396 e. The number of hydrogen-bond acceptors (Lipinski definition) is 3. The Kier molecular flexibility index (Phi) is 6.55. The van der Waals surface area contributed by atoms with E-state index in [4.69, 9.17) is 12.2 Å². The maximum absolute atomic E-state index is 13.1. The van der Waals surface area contributed by atoms with Gasteiger partial charge in [-0.3, -0.25) is 4.90 Å². The second-order valence-corrected chi connectivity index (χ2v) is 6.89. The van der Waals surface area contributed by atoms with Crippen LogP contribution in [0.25, 0.3) is 0 Å². The lowest BCUT2D eigenvalue weighted by atomic mass is 10.1. The molecule has 138 valence electrons. The van der Waals surface area contributed by atoms with Crippen LogP contribution >= 0.6 is 12.2 Å². The van der Waals surface area contributed by atoms with E-state index in [-0.39, 0.29) is 18.5 Å². The van der Waals surface area contributed by atoms with Gasteiger partial charge in [0.2, 0.25) is 0 Å².